The Labute approximate surface area is 197 Å². The van der Waals surface area contributed by atoms with E-state index in [4.69, 9.17) is 9.26 Å². The largest absolute Gasteiger partial charge is 0.460 e. The Morgan fingerprint density at radius 2 is 1.90 bits per heavy atom. The second-order valence-electron chi connectivity index (χ2n) is 8.48. The topological polar surface area (TPSA) is 83.2 Å². The molecule has 9 heteroatoms. The van der Waals surface area contributed by atoms with E-state index in [2.05, 4.69) is 25.3 Å². The van der Waals surface area contributed by atoms with Crippen molar-refractivity contribution in [1.82, 2.24) is 20.3 Å². The molecule has 2 rings (SSSR count). The summed E-state index contributed by atoms with van der Waals surface area (Å²) in [4.78, 5) is 20.8. The Morgan fingerprint density at radius 3 is 2.50 bits per heavy atom. The number of esters is 1. The third kappa shape index (κ3) is 10.6. The summed E-state index contributed by atoms with van der Waals surface area (Å²) >= 11 is 0. The Kier molecular flexibility index (Phi) is 12.3. The number of unbranched alkanes of at least 4 members (excludes halogenated alkanes) is 3. The van der Waals surface area contributed by atoms with E-state index >= 15 is 0 Å². The molecule has 8 nitrogen and oxygen atoms in total. The van der Waals surface area contributed by atoms with E-state index in [1.54, 1.807) is 6.26 Å². The van der Waals surface area contributed by atoms with Crippen LogP contribution in [0.4, 0.5) is 0 Å². The van der Waals surface area contributed by atoms with Gasteiger partial charge in [0.1, 0.15) is 11.9 Å². The van der Waals surface area contributed by atoms with Gasteiger partial charge in [-0.05, 0) is 33.6 Å². The summed E-state index contributed by atoms with van der Waals surface area (Å²) in [5, 5.41) is 7.45. The monoisotopic (exact) mass is 535 g/mol. The van der Waals surface area contributed by atoms with Gasteiger partial charge in [-0.25, -0.2) is 0 Å². The van der Waals surface area contributed by atoms with Crippen molar-refractivity contribution in [3.63, 3.8) is 0 Å². The maximum absolute atomic E-state index is 11.7. The Morgan fingerprint density at radius 1 is 1.20 bits per heavy atom. The molecule has 0 aromatic carbocycles. The van der Waals surface area contributed by atoms with Gasteiger partial charge in [-0.3, -0.25) is 14.7 Å². The van der Waals surface area contributed by atoms with Gasteiger partial charge in [-0.1, -0.05) is 18.0 Å². The van der Waals surface area contributed by atoms with Crippen molar-refractivity contribution in [3.05, 3.63) is 18.0 Å². The minimum absolute atomic E-state index is 0. The lowest BCUT2D eigenvalue weighted by Gasteiger charge is -2.36. The number of aliphatic imine (C=N–C) groups is 1. The average molecular weight is 535 g/mol. The molecule has 30 heavy (non-hydrogen) atoms. The summed E-state index contributed by atoms with van der Waals surface area (Å²) in [7, 11) is 1.84. The van der Waals surface area contributed by atoms with Gasteiger partial charge in [0.15, 0.2) is 5.96 Å². The van der Waals surface area contributed by atoms with Crippen molar-refractivity contribution < 1.29 is 14.1 Å². The van der Waals surface area contributed by atoms with Gasteiger partial charge < -0.3 is 19.5 Å². The molecule has 1 aromatic rings. The molecule has 1 aliphatic rings. The van der Waals surface area contributed by atoms with E-state index in [-0.39, 0.29) is 29.9 Å². The summed E-state index contributed by atoms with van der Waals surface area (Å²) in [6.07, 6.45) is 6.22. The normalized spacial score (nSPS) is 15.6. The molecule has 0 unspecified atom stereocenters. The zero-order valence-corrected chi connectivity index (χ0v) is 21.2. The van der Waals surface area contributed by atoms with Crippen LogP contribution in [0.15, 0.2) is 21.8 Å². The molecule has 1 aromatic heterocycles. The molecule has 1 saturated heterocycles. The molecular formula is C21H38IN5O3. The summed E-state index contributed by atoms with van der Waals surface area (Å²) in [6, 6.07) is 1.92. The van der Waals surface area contributed by atoms with Crippen LogP contribution in [0.1, 0.15) is 58.6 Å². The van der Waals surface area contributed by atoms with Gasteiger partial charge in [0.25, 0.3) is 0 Å². The number of piperazine rings is 1. The van der Waals surface area contributed by atoms with Gasteiger partial charge in [0.05, 0.1) is 5.69 Å². The molecule has 2 heterocycles. The van der Waals surface area contributed by atoms with Crippen LogP contribution in [0.5, 0.6) is 0 Å². The van der Waals surface area contributed by atoms with Gasteiger partial charge in [0.2, 0.25) is 0 Å². The highest BCUT2D eigenvalue weighted by Gasteiger charge is 2.20. The maximum Gasteiger partial charge on any atom is 0.306 e. The van der Waals surface area contributed by atoms with Gasteiger partial charge in [-0.2, -0.15) is 0 Å². The number of halogens is 1. The third-order valence-electron chi connectivity index (χ3n) is 4.77. The molecule has 0 bridgehead atoms. The number of carbonyl (C=O) groups excluding carboxylic acids is 1. The smallest absolute Gasteiger partial charge is 0.306 e. The predicted octanol–water partition coefficient (Wildman–Crippen LogP) is 3.28. The molecule has 172 valence electrons. The third-order valence-corrected chi connectivity index (χ3v) is 4.77. The van der Waals surface area contributed by atoms with E-state index in [1.807, 2.05) is 33.9 Å². The quantitative estimate of drug-likeness (QED) is 0.171. The van der Waals surface area contributed by atoms with Crippen molar-refractivity contribution >= 4 is 35.9 Å². The van der Waals surface area contributed by atoms with Crippen molar-refractivity contribution in [2.45, 2.75) is 65.0 Å². The number of nitrogens with zero attached hydrogens (tertiary/aromatic N) is 4. The molecule has 1 aliphatic heterocycles. The van der Waals surface area contributed by atoms with E-state index in [0.717, 1.165) is 76.6 Å². The Hall–Kier alpha value is -1.36. The van der Waals surface area contributed by atoms with Crippen LogP contribution in [0.3, 0.4) is 0 Å². The number of carbonyl (C=O) groups is 1. The molecule has 0 amide bonds. The lowest BCUT2D eigenvalue weighted by atomic mass is 10.1. The van der Waals surface area contributed by atoms with Crippen LogP contribution in [-0.4, -0.2) is 72.3 Å². The first kappa shape index (κ1) is 26.7. The summed E-state index contributed by atoms with van der Waals surface area (Å²) in [5.41, 5.74) is 0.589. The minimum Gasteiger partial charge on any atom is -0.460 e. The van der Waals surface area contributed by atoms with E-state index in [9.17, 15) is 4.79 Å². The molecule has 1 fully saturated rings. The van der Waals surface area contributed by atoms with Crippen molar-refractivity contribution in [2.75, 3.05) is 39.8 Å². The summed E-state index contributed by atoms with van der Waals surface area (Å²) < 4.78 is 10.2. The first-order valence-corrected chi connectivity index (χ1v) is 10.7. The van der Waals surface area contributed by atoms with Gasteiger partial charge >= 0.3 is 5.97 Å². The fraction of sp³-hybridized carbons (Fsp3) is 0.762. The second-order valence-corrected chi connectivity index (χ2v) is 8.48. The number of rotatable bonds is 9. The highest BCUT2D eigenvalue weighted by molar-refractivity contribution is 14.0. The van der Waals surface area contributed by atoms with Crippen molar-refractivity contribution in [1.29, 1.82) is 0 Å². The summed E-state index contributed by atoms with van der Waals surface area (Å²) in [6.45, 7) is 11.3. The summed E-state index contributed by atoms with van der Waals surface area (Å²) in [5.74, 6) is 0.874. The second kappa shape index (κ2) is 13.8. The lowest BCUT2D eigenvalue weighted by molar-refractivity contribution is -0.154. The Balaban J connectivity index is 0.00000450. The van der Waals surface area contributed by atoms with Crippen molar-refractivity contribution in [2.24, 2.45) is 4.99 Å². The first-order valence-electron chi connectivity index (χ1n) is 10.7. The molecule has 1 N–H and O–H groups in total. The number of aromatic nitrogens is 1. The van der Waals surface area contributed by atoms with Crippen LogP contribution in [-0.2, 0) is 16.1 Å². The molecule has 0 radical (unpaired) electrons. The van der Waals surface area contributed by atoms with Gasteiger partial charge in [-0.15, -0.1) is 24.0 Å². The zero-order valence-electron chi connectivity index (χ0n) is 18.9. The van der Waals surface area contributed by atoms with Gasteiger partial charge in [0, 0.05) is 58.8 Å². The molecule has 0 spiro atoms. The fourth-order valence-electron chi connectivity index (χ4n) is 3.34. The highest BCUT2D eigenvalue weighted by Crippen LogP contribution is 2.11. The van der Waals surface area contributed by atoms with Crippen LogP contribution in [0.25, 0.3) is 0 Å². The maximum atomic E-state index is 11.7. The number of hydrogen-bond donors (Lipinski definition) is 1. The standard InChI is InChI=1S/C21H37N5O3.HI/c1-21(2,3)29-19(27)9-7-5-6-8-11-23-20(22-4)26-14-12-25(13-15-26)17-18-10-16-28-24-18;/h10,16H,5-9,11-15,17H2,1-4H3,(H,22,23);1H. The van der Waals surface area contributed by atoms with E-state index in [1.165, 1.54) is 0 Å². The first-order chi connectivity index (χ1) is 13.9. The number of ether oxygens (including phenoxy) is 1. The average Bonchev–Trinajstić information content (AvgIpc) is 3.16. The number of guanidine groups is 1. The number of hydrogen-bond acceptors (Lipinski definition) is 6. The van der Waals surface area contributed by atoms with E-state index in [0.29, 0.717) is 6.42 Å². The molecule has 0 saturated carbocycles. The molecule has 0 aliphatic carbocycles. The molecule has 0 atom stereocenters. The van der Waals surface area contributed by atoms with E-state index < -0.39 is 5.60 Å². The minimum atomic E-state index is -0.390. The number of nitrogens with one attached hydrogen (secondary N) is 1. The zero-order chi connectivity index (χ0) is 21.1. The van der Waals surface area contributed by atoms with Crippen LogP contribution >= 0.6 is 24.0 Å². The molecular weight excluding hydrogens is 497 g/mol. The van der Waals surface area contributed by atoms with Crippen molar-refractivity contribution in [3.8, 4) is 0 Å². The van der Waals surface area contributed by atoms with Crippen LogP contribution < -0.4 is 5.32 Å². The van der Waals surface area contributed by atoms with Crippen LogP contribution in [0.2, 0.25) is 0 Å². The SMILES string of the molecule is CN=C(NCCCCCCC(=O)OC(C)(C)C)N1CCN(Cc2ccon2)CC1.I. The highest BCUT2D eigenvalue weighted by atomic mass is 127. The fourth-order valence-corrected chi connectivity index (χ4v) is 3.34. The predicted molar refractivity (Wildman–Crippen MR) is 129 cm³/mol. The Bertz CT molecular complexity index is 623. The van der Waals surface area contributed by atoms with Crippen LogP contribution in [0, 0.1) is 0 Å². The lowest BCUT2D eigenvalue weighted by Crippen LogP contribution is -2.52.